The molecule has 0 saturated heterocycles. The minimum Gasteiger partial charge on any atom is -0.508 e. The molecule has 1 saturated carbocycles. The van der Waals surface area contributed by atoms with E-state index in [1.54, 1.807) is 7.11 Å². The Morgan fingerprint density at radius 2 is 2.19 bits per heavy atom. The molecule has 2 aromatic rings. The van der Waals surface area contributed by atoms with Crippen molar-refractivity contribution >= 4 is 0 Å². The predicted molar refractivity (Wildman–Crippen MR) is 101 cm³/mol. The van der Waals surface area contributed by atoms with Crippen LogP contribution in [-0.4, -0.2) is 28.6 Å². The summed E-state index contributed by atoms with van der Waals surface area (Å²) in [6.45, 7) is 4.02. The zero-order valence-corrected chi connectivity index (χ0v) is 15.7. The molecular formula is C22H28N2O2. The molecule has 0 radical (unpaired) electrons. The molecule has 4 heteroatoms. The lowest BCUT2D eigenvalue weighted by Gasteiger charge is -2.49. The first-order valence-corrected chi connectivity index (χ1v) is 9.97. The second-order valence-electron chi connectivity index (χ2n) is 8.72. The van der Waals surface area contributed by atoms with Gasteiger partial charge < -0.3 is 9.84 Å². The van der Waals surface area contributed by atoms with Crippen LogP contribution in [0.25, 0.3) is 0 Å². The normalized spacial score (nSPS) is 31.8. The molecule has 0 aliphatic heterocycles. The van der Waals surface area contributed by atoms with E-state index in [4.69, 9.17) is 9.84 Å². The highest BCUT2D eigenvalue weighted by atomic mass is 16.5. The van der Waals surface area contributed by atoms with Gasteiger partial charge in [0.05, 0.1) is 18.8 Å². The van der Waals surface area contributed by atoms with Gasteiger partial charge in [-0.25, -0.2) is 0 Å². The van der Waals surface area contributed by atoms with E-state index in [1.807, 2.05) is 12.1 Å². The van der Waals surface area contributed by atoms with Crippen LogP contribution in [0.4, 0.5) is 0 Å². The number of methoxy groups -OCH3 is 1. The number of phenolic OH excluding ortho intramolecular Hbond substituents is 1. The highest BCUT2D eigenvalue weighted by Crippen LogP contribution is 2.59. The molecule has 3 aliphatic rings. The number of fused-ring (bicyclic) bond motifs is 7. The van der Waals surface area contributed by atoms with Gasteiger partial charge in [0.25, 0.3) is 0 Å². The van der Waals surface area contributed by atoms with E-state index in [2.05, 4.69) is 23.9 Å². The number of ether oxygens (including phenoxy) is 1. The van der Waals surface area contributed by atoms with Gasteiger partial charge in [0.15, 0.2) is 0 Å². The molecule has 4 nitrogen and oxygen atoms in total. The number of aromatic hydroxyl groups is 1. The SMILES string of the molecule is COCCn1cc2c(n1)[C@@]1(C)CCC3c4ccc(O)cc4CCC3C1C2. The van der Waals surface area contributed by atoms with E-state index >= 15 is 0 Å². The van der Waals surface area contributed by atoms with Crippen molar-refractivity contribution in [2.75, 3.05) is 13.7 Å². The Morgan fingerprint density at radius 3 is 3.04 bits per heavy atom. The van der Waals surface area contributed by atoms with Crippen LogP contribution in [0.1, 0.15) is 54.5 Å². The zero-order valence-electron chi connectivity index (χ0n) is 15.7. The lowest BCUT2D eigenvalue weighted by atomic mass is 9.55. The maximum Gasteiger partial charge on any atom is 0.115 e. The van der Waals surface area contributed by atoms with Crippen LogP contribution in [0.2, 0.25) is 0 Å². The van der Waals surface area contributed by atoms with Gasteiger partial charge in [0.1, 0.15) is 5.75 Å². The molecule has 1 fully saturated rings. The fraction of sp³-hybridized carbons (Fsp3) is 0.591. The topological polar surface area (TPSA) is 47.3 Å². The summed E-state index contributed by atoms with van der Waals surface area (Å²) in [6, 6.07) is 6.05. The van der Waals surface area contributed by atoms with Crippen LogP contribution in [0.15, 0.2) is 24.4 Å². The predicted octanol–water partition coefficient (Wildman–Crippen LogP) is 3.81. The number of phenols is 1. The number of hydrogen-bond acceptors (Lipinski definition) is 3. The molecule has 0 spiro atoms. The van der Waals surface area contributed by atoms with E-state index in [-0.39, 0.29) is 5.41 Å². The minimum atomic E-state index is 0.225. The monoisotopic (exact) mass is 352 g/mol. The first kappa shape index (κ1) is 16.4. The summed E-state index contributed by atoms with van der Waals surface area (Å²) in [5.74, 6) is 2.51. The number of rotatable bonds is 3. The fourth-order valence-corrected chi connectivity index (χ4v) is 6.19. The number of aromatic nitrogens is 2. The van der Waals surface area contributed by atoms with Gasteiger partial charge >= 0.3 is 0 Å². The lowest BCUT2D eigenvalue weighted by molar-refractivity contribution is 0.102. The molecule has 1 aromatic carbocycles. The van der Waals surface area contributed by atoms with Crippen LogP contribution in [0, 0.1) is 11.8 Å². The molecule has 3 unspecified atom stereocenters. The van der Waals surface area contributed by atoms with Crippen molar-refractivity contribution in [3.8, 4) is 5.75 Å². The quantitative estimate of drug-likeness (QED) is 0.914. The molecule has 3 aliphatic carbocycles. The number of nitrogens with zero attached hydrogens (tertiary/aromatic N) is 2. The van der Waals surface area contributed by atoms with Crippen molar-refractivity contribution in [2.24, 2.45) is 11.8 Å². The fourth-order valence-electron chi connectivity index (χ4n) is 6.19. The van der Waals surface area contributed by atoms with Crippen LogP contribution in [0.3, 0.4) is 0 Å². The van der Waals surface area contributed by atoms with Crippen molar-refractivity contribution in [3.05, 3.63) is 46.8 Å². The average molecular weight is 352 g/mol. The van der Waals surface area contributed by atoms with Gasteiger partial charge in [-0.1, -0.05) is 13.0 Å². The molecule has 1 N–H and O–H groups in total. The Balaban J connectivity index is 1.45. The van der Waals surface area contributed by atoms with E-state index in [0.29, 0.717) is 17.6 Å². The summed E-state index contributed by atoms with van der Waals surface area (Å²) in [5.41, 5.74) is 5.91. The van der Waals surface area contributed by atoms with Gasteiger partial charge in [0.2, 0.25) is 0 Å². The number of benzene rings is 1. The standard InChI is InChI=1S/C22H28N2O2/c1-22-8-7-18-17-6-4-16(25)11-14(17)3-5-19(18)20(22)12-15-13-24(9-10-26-2)23-21(15)22/h4,6,11,13,18-20,25H,3,5,7-10,12H2,1-2H3/t18?,19?,20?,22-/m0/s1. The molecule has 138 valence electrons. The van der Waals surface area contributed by atoms with E-state index in [1.165, 1.54) is 48.1 Å². The van der Waals surface area contributed by atoms with Crippen molar-refractivity contribution in [2.45, 2.75) is 56.9 Å². The summed E-state index contributed by atoms with van der Waals surface area (Å²) < 4.78 is 7.30. The van der Waals surface area contributed by atoms with Gasteiger partial charge in [-0.2, -0.15) is 5.10 Å². The van der Waals surface area contributed by atoms with E-state index in [0.717, 1.165) is 25.5 Å². The van der Waals surface area contributed by atoms with Gasteiger partial charge in [0, 0.05) is 18.7 Å². The van der Waals surface area contributed by atoms with Crippen molar-refractivity contribution in [3.63, 3.8) is 0 Å². The Morgan fingerprint density at radius 1 is 1.31 bits per heavy atom. The molecule has 1 aromatic heterocycles. The summed E-state index contributed by atoms with van der Waals surface area (Å²) in [4.78, 5) is 0. The molecule has 0 amide bonds. The summed E-state index contributed by atoms with van der Waals surface area (Å²) in [5, 5.41) is 14.8. The maximum absolute atomic E-state index is 9.83. The maximum atomic E-state index is 9.83. The van der Waals surface area contributed by atoms with Crippen molar-refractivity contribution < 1.29 is 9.84 Å². The lowest BCUT2D eigenvalue weighted by Crippen LogP contribution is -2.43. The highest BCUT2D eigenvalue weighted by molar-refractivity contribution is 5.42. The van der Waals surface area contributed by atoms with Crippen molar-refractivity contribution in [1.82, 2.24) is 9.78 Å². The van der Waals surface area contributed by atoms with Crippen molar-refractivity contribution in [1.29, 1.82) is 0 Å². The third-order valence-corrected chi connectivity index (χ3v) is 7.44. The first-order chi connectivity index (χ1) is 12.6. The molecule has 4 atom stereocenters. The second kappa shape index (κ2) is 5.85. The average Bonchev–Trinajstić information content (AvgIpc) is 3.16. The molecular weight excluding hydrogens is 324 g/mol. The molecule has 0 bridgehead atoms. The largest absolute Gasteiger partial charge is 0.508 e. The Hall–Kier alpha value is -1.81. The van der Waals surface area contributed by atoms with Gasteiger partial charge in [-0.05, 0) is 78.7 Å². The van der Waals surface area contributed by atoms with E-state index in [9.17, 15) is 5.11 Å². The number of aryl methyl sites for hydroxylation is 1. The van der Waals surface area contributed by atoms with Crippen LogP contribution in [-0.2, 0) is 29.5 Å². The number of hydrogen-bond donors (Lipinski definition) is 1. The van der Waals surface area contributed by atoms with Crippen LogP contribution in [0.5, 0.6) is 5.75 Å². The smallest absolute Gasteiger partial charge is 0.115 e. The second-order valence-corrected chi connectivity index (χ2v) is 8.72. The molecule has 5 rings (SSSR count). The summed E-state index contributed by atoms with van der Waals surface area (Å²) in [7, 11) is 1.75. The molecule has 26 heavy (non-hydrogen) atoms. The molecule has 1 heterocycles. The van der Waals surface area contributed by atoms with Crippen LogP contribution < -0.4 is 0 Å². The third-order valence-electron chi connectivity index (χ3n) is 7.44. The minimum absolute atomic E-state index is 0.225. The van der Waals surface area contributed by atoms with E-state index < -0.39 is 0 Å². The highest BCUT2D eigenvalue weighted by Gasteiger charge is 2.54. The summed E-state index contributed by atoms with van der Waals surface area (Å²) >= 11 is 0. The van der Waals surface area contributed by atoms with Crippen LogP contribution >= 0.6 is 0 Å². The Bertz CT molecular complexity index is 843. The van der Waals surface area contributed by atoms with Gasteiger partial charge in [-0.3, -0.25) is 4.68 Å². The Labute approximate surface area is 155 Å². The third kappa shape index (κ3) is 2.27. The first-order valence-electron chi connectivity index (χ1n) is 9.97. The summed E-state index contributed by atoms with van der Waals surface area (Å²) in [6.07, 6.45) is 8.24. The Kier molecular flexibility index (Phi) is 3.68. The van der Waals surface area contributed by atoms with Gasteiger partial charge in [-0.15, -0.1) is 0 Å². The zero-order chi connectivity index (χ0) is 17.9.